The van der Waals surface area contributed by atoms with Gasteiger partial charge in [-0.3, -0.25) is 10.3 Å². The van der Waals surface area contributed by atoms with Gasteiger partial charge in [-0.1, -0.05) is 23.7 Å². The summed E-state index contributed by atoms with van der Waals surface area (Å²) in [6.45, 7) is 3.52. The molecular weight excluding hydrogens is 292 g/mol. The summed E-state index contributed by atoms with van der Waals surface area (Å²) < 4.78 is 0. The Morgan fingerprint density at radius 1 is 1.45 bits per heavy atom. The van der Waals surface area contributed by atoms with Gasteiger partial charge in [-0.15, -0.1) is 11.3 Å². The molecule has 2 rings (SSSR count). The van der Waals surface area contributed by atoms with Gasteiger partial charge >= 0.3 is 0 Å². The van der Waals surface area contributed by atoms with Crippen LogP contribution in [-0.4, -0.2) is 22.8 Å². The number of rotatable bonds is 5. The maximum absolute atomic E-state index is 7.40. The molecule has 0 aliphatic heterocycles. The molecule has 1 aromatic heterocycles. The average molecular weight is 309 g/mol. The topological polar surface area (TPSA) is 66.0 Å². The third-order valence-electron chi connectivity index (χ3n) is 2.90. The van der Waals surface area contributed by atoms with Crippen molar-refractivity contribution in [1.82, 2.24) is 9.88 Å². The molecule has 1 heterocycles. The van der Waals surface area contributed by atoms with Gasteiger partial charge in [-0.25, -0.2) is 4.98 Å². The second-order valence-electron chi connectivity index (χ2n) is 4.75. The molecule has 0 saturated heterocycles. The molecule has 0 spiro atoms. The van der Waals surface area contributed by atoms with Gasteiger partial charge in [-0.2, -0.15) is 0 Å². The zero-order chi connectivity index (χ0) is 14.7. The highest BCUT2D eigenvalue weighted by Gasteiger charge is 2.08. The Bertz CT molecular complexity index is 623. The van der Waals surface area contributed by atoms with Gasteiger partial charge in [0.15, 0.2) is 0 Å². The molecule has 1 aromatic carbocycles. The van der Waals surface area contributed by atoms with Crippen LogP contribution in [0, 0.1) is 12.3 Å². The van der Waals surface area contributed by atoms with Crippen molar-refractivity contribution in [2.24, 2.45) is 5.73 Å². The van der Waals surface area contributed by atoms with E-state index < -0.39 is 0 Å². The first-order chi connectivity index (χ1) is 9.45. The Morgan fingerprint density at radius 2 is 2.20 bits per heavy atom. The van der Waals surface area contributed by atoms with Gasteiger partial charge in [0.05, 0.1) is 10.7 Å². The number of aromatic nitrogens is 1. The number of nitrogens with zero attached hydrogens (tertiary/aromatic N) is 2. The third-order valence-corrected chi connectivity index (χ3v) is 4.08. The molecule has 0 bridgehead atoms. The van der Waals surface area contributed by atoms with E-state index in [1.807, 2.05) is 26.1 Å². The van der Waals surface area contributed by atoms with E-state index in [-0.39, 0.29) is 5.84 Å². The molecular formula is C14H17ClN4S. The summed E-state index contributed by atoms with van der Waals surface area (Å²) >= 11 is 7.89. The Balaban J connectivity index is 2.04. The van der Waals surface area contributed by atoms with Crippen LogP contribution < -0.4 is 5.73 Å². The minimum absolute atomic E-state index is 0.0322. The van der Waals surface area contributed by atoms with E-state index in [9.17, 15) is 0 Å². The quantitative estimate of drug-likeness (QED) is 0.659. The van der Waals surface area contributed by atoms with E-state index in [0.717, 1.165) is 29.4 Å². The number of benzene rings is 1. The lowest BCUT2D eigenvalue weighted by Gasteiger charge is -2.16. The van der Waals surface area contributed by atoms with Gasteiger partial charge in [0.25, 0.3) is 0 Å². The first kappa shape index (κ1) is 15.0. The summed E-state index contributed by atoms with van der Waals surface area (Å²) in [7, 11) is 2.03. The first-order valence-electron chi connectivity index (χ1n) is 6.18. The SMILES string of the molecule is Cc1nc(CN(C)Cc2ccc(C(=N)N)cc2Cl)cs1. The van der Waals surface area contributed by atoms with E-state index in [1.165, 1.54) is 0 Å². The van der Waals surface area contributed by atoms with Crippen LogP contribution in [-0.2, 0) is 13.1 Å². The summed E-state index contributed by atoms with van der Waals surface area (Å²) in [6, 6.07) is 5.48. The molecule has 0 aliphatic rings. The second-order valence-corrected chi connectivity index (χ2v) is 6.22. The molecule has 0 aliphatic carbocycles. The number of amidine groups is 1. The zero-order valence-corrected chi connectivity index (χ0v) is 13.1. The van der Waals surface area contributed by atoms with Gasteiger partial charge in [-0.05, 0) is 25.6 Å². The Morgan fingerprint density at radius 3 is 2.75 bits per heavy atom. The Kier molecular flexibility index (Phi) is 4.75. The molecule has 2 aromatic rings. The van der Waals surface area contributed by atoms with E-state index >= 15 is 0 Å². The lowest BCUT2D eigenvalue weighted by Crippen LogP contribution is -2.18. The summed E-state index contributed by atoms with van der Waals surface area (Å²) in [5.41, 5.74) is 8.19. The number of nitrogen functional groups attached to an aromatic ring is 1. The van der Waals surface area contributed by atoms with E-state index in [2.05, 4.69) is 15.3 Å². The molecule has 3 N–H and O–H groups in total. The van der Waals surface area contributed by atoms with Crippen LogP contribution in [0.15, 0.2) is 23.6 Å². The fourth-order valence-electron chi connectivity index (χ4n) is 1.95. The van der Waals surface area contributed by atoms with Crippen LogP contribution in [0.1, 0.15) is 21.8 Å². The molecule has 0 fully saturated rings. The van der Waals surface area contributed by atoms with Crippen molar-refractivity contribution >= 4 is 28.8 Å². The van der Waals surface area contributed by atoms with E-state index in [1.54, 1.807) is 17.4 Å². The highest BCUT2D eigenvalue weighted by atomic mass is 35.5. The Hall–Kier alpha value is -1.43. The average Bonchev–Trinajstić information content (AvgIpc) is 2.77. The van der Waals surface area contributed by atoms with Gasteiger partial charge < -0.3 is 5.73 Å². The standard InChI is InChI=1S/C14H17ClN4S/c1-9-18-12(8-20-9)7-19(2)6-11-4-3-10(14(16)17)5-13(11)15/h3-5,8H,6-7H2,1-2H3,(H3,16,17). The van der Waals surface area contributed by atoms with Crippen molar-refractivity contribution in [2.45, 2.75) is 20.0 Å². The van der Waals surface area contributed by atoms with Crippen LogP contribution in [0.25, 0.3) is 0 Å². The van der Waals surface area contributed by atoms with Crippen LogP contribution in [0.5, 0.6) is 0 Å². The lowest BCUT2D eigenvalue weighted by atomic mass is 10.1. The fraction of sp³-hybridized carbons (Fsp3) is 0.286. The van der Waals surface area contributed by atoms with E-state index in [4.69, 9.17) is 22.7 Å². The highest BCUT2D eigenvalue weighted by Crippen LogP contribution is 2.20. The van der Waals surface area contributed by atoms with Crippen molar-refractivity contribution in [3.8, 4) is 0 Å². The van der Waals surface area contributed by atoms with Crippen molar-refractivity contribution in [1.29, 1.82) is 5.41 Å². The number of halogens is 1. The number of thiazole rings is 1. The summed E-state index contributed by atoms with van der Waals surface area (Å²) in [4.78, 5) is 6.61. The molecule has 106 valence electrons. The number of nitrogens with two attached hydrogens (primary N) is 1. The maximum Gasteiger partial charge on any atom is 0.122 e. The number of hydrogen-bond acceptors (Lipinski definition) is 4. The lowest BCUT2D eigenvalue weighted by molar-refractivity contribution is 0.315. The van der Waals surface area contributed by atoms with Crippen molar-refractivity contribution in [3.63, 3.8) is 0 Å². The molecule has 0 atom stereocenters. The van der Waals surface area contributed by atoms with Crippen LogP contribution in [0.3, 0.4) is 0 Å². The monoisotopic (exact) mass is 308 g/mol. The number of aryl methyl sites for hydroxylation is 1. The fourth-order valence-corrected chi connectivity index (χ4v) is 2.79. The summed E-state index contributed by atoms with van der Waals surface area (Å²) in [6.07, 6.45) is 0. The third kappa shape index (κ3) is 3.79. The smallest absolute Gasteiger partial charge is 0.122 e. The largest absolute Gasteiger partial charge is 0.384 e. The minimum Gasteiger partial charge on any atom is -0.384 e. The van der Waals surface area contributed by atoms with Gasteiger partial charge in [0.2, 0.25) is 0 Å². The molecule has 0 radical (unpaired) electrons. The summed E-state index contributed by atoms with van der Waals surface area (Å²) in [5, 5.41) is 11.2. The maximum atomic E-state index is 7.40. The van der Waals surface area contributed by atoms with Crippen LogP contribution >= 0.6 is 22.9 Å². The second kappa shape index (κ2) is 6.35. The van der Waals surface area contributed by atoms with Crippen LogP contribution in [0.4, 0.5) is 0 Å². The van der Waals surface area contributed by atoms with E-state index in [0.29, 0.717) is 10.6 Å². The molecule has 20 heavy (non-hydrogen) atoms. The van der Waals surface area contributed by atoms with Crippen molar-refractivity contribution in [3.05, 3.63) is 50.4 Å². The number of hydrogen-bond donors (Lipinski definition) is 2. The molecule has 4 nitrogen and oxygen atoms in total. The molecule has 0 amide bonds. The van der Waals surface area contributed by atoms with Crippen molar-refractivity contribution < 1.29 is 0 Å². The van der Waals surface area contributed by atoms with Gasteiger partial charge in [0, 0.05) is 29.1 Å². The highest BCUT2D eigenvalue weighted by molar-refractivity contribution is 7.09. The Labute approximate surface area is 127 Å². The molecule has 0 unspecified atom stereocenters. The molecule has 0 saturated carbocycles. The number of nitrogens with one attached hydrogen (secondary N) is 1. The predicted molar refractivity (Wildman–Crippen MR) is 84.5 cm³/mol. The van der Waals surface area contributed by atoms with Gasteiger partial charge in [0.1, 0.15) is 5.84 Å². The minimum atomic E-state index is 0.0322. The molecule has 6 heteroatoms. The van der Waals surface area contributed by atoms with Crippen LogP contribution in [0.2, 0.25) is 5.02 Å². The normalized spacial score (nSPS) is 11.0. The predicted octanol–water partition coefficient (Wildman–Crippen LogP) is 3.02. The zero-order valence-electron chi connectivity index (χ0n) is 11.5. The van der Waals surface area contributed by atoms with Crippen molar-refractivity contribution in [2.75, 3.05) is 7.05 Å². The summed E-state index contributed by atoms with van der Waals surface area (Å²) in [5.74, 6) is 0.0322. The first-order valence-corrected chi connectivity index (χ1v) is 7.44.